The summed E-state index contributed by atoms with van der Waals surface area (Å²) in [6.07, 6.45) is 8.49. The molecular formula is C41H66N6O13S. The zero-order valence-corrected chi connectivity index (χ0v) is 36.3. The molecule has 0 spiro atoms. The highest BCUT2D eigenvalue weighted by Gasteiger charge is 2.23. The minimum atomic E-state index is -1.11. The molecule has 19 nitrogen and oxygen atoms in total. The topological polar surface area (TPSA) is 291 Å². The molecule has 0 aliphatic rings. The van der Waals surface area contributed by atoms with E-state index in [0.717, 1.165) is 51.4 Å². The molecule has 9 N–H and O–H groups in total. The van der Waals surface area contributed by atoms with Crippen LogP contribution in [-0.2, 0) is 54.3 Å². The van der Waals surface area contributed by atoms with Crippen LogP contribution in [0.5, 0.6) is 5.75 Å². The van der Waals surface area contributed by atoms with Gasteiger partial charge in [-0.05, 0) is 56.8 Å². The lowest BCUT2D eigenvalue weighted by Gasteiger charge is -2.20. The first-order valence-electron chi connectivity index (χ1n) is 20.7. The van der Waals surface area contributed by atoms with Crippen LogP contribution in [0, 0.1) is 5.92 Å². The number of amides is 5. The number of hydrogen-bond donors (Lipinski definition) is 8. The molecule has 3 atom stereocenters. The van der Waals surface area contributed by atoms with Crippen molar-refractivity contribution >= 4 is 59.0 Å². The number of hydrogen-bond acceptors (Lipinski definition) is 13. The average Bonchev–Trinajstić information content (AvgIpc) is 3.21. The van der Waals surface area contributed by atoms with Gasteiger partial charge in [0.15, 0.2) is 12.4 Å². The van der Waals surface area contributed by atoms with Crippen LogP contribution in [-0.4, -0.2) is 140 Å². The Labute approximate surface area is 362 Å². The maximum atomic E-state index is 12.8. The molecule has 0 bridgehead atoms. The van der Waals surface area contributed by atoms with Crippen molar-refractivity contribution in [3.8, 4) is 5.75 Å². The molecule has 0 aromatic heterocycles. The van der Waals surface area contributed by atoms with Crippen molar-refractivity contribution < 1.29 is 62.8 Å². The zero-order chi connectivity index (χ0) is 45.3. The summed E-state index contributed by atoms with van der Waals surface area (Å²) in [5.41, 5.74) is 6.38. The number of nitrogens with two attached hydrogens (primary N) is 1. The van der Waals surface area contributed by atoms with E-state index in [2.05, 4.69) is 26.6 Å². The number of thioether (sulfide) groups is 1. The van der Waals surface area contributed by atoms with Gasteiger partial charge in [-0.2, -0.15) is 11.8 Å². The fraction of sp³-hybridized carbons (Fsp3) is 0.659. The van der Waals surface area contributed by atoms with Crippen LogP contribution in [0.1, 0.15) is 83.6 Å². The molecule has 0 saturated heterocycles. The minimum absolute atomic E-state index is 0.0368. The van der Waals surface area contributed by atoms with Crippen molar-refractivity contribution in [2.24, 2.45) is 11.7 Å². The molecule has 1 rings (SSSR count). The van der Waals surface area contributed by atoms with E-state index in [0.29, 0.717) is 17.9 Å². The van der Waals surface area contributed by atoms with Gasteiger partial charge in [0.05, 0.1) is 38.2 Å². The van der Waals surface area contributed by atoms with Gasteiger partial charge in [0.1, 0.15) is 18.4 Å². The largest absolute Gasteiger partial charge is 0.482 e. The summed E-state index contributed by atoms with van der Waals surface area (Å²) in [4.78, 5) is 95.8. The summed E-state index contributed by atoms with van der Waals surface area (Å²) in [6, 6.07) is 4.72. The maximum absolute atomic E-state index is 12.8. The third-order valence-electron chi connectivity index (χ3n) is 8.92. The summed E-state index contributed by atoms with van der Waals surface area (Å²) >= 11 is 1.17. The number of carbonyl (C=O) groups is 8. The first-order valence-corrected chi connectivity index (χ1v) is 21.9. The summed E-state index contributed by atoms with van der Waals surface area (Å²) in [7, 11) is 0. The molecule has 0 fully saturated rings. The number of ketones is 1. The Morgan fingerprint density at radius 1 is 0.689 bits per heavy atom. The number of carboxylic acid groups (broad SMARTS) is 2. The van der Waals surface area contributed by atoms with Crippen LogP contribution < -0.4 is 37.1 Å². The molecule has 0 aliphatic carbocycles. The van der Waals surface area contributed by atoms with Crippen molar-refractivity contribution in [2.45, 2.75) is 96.6 Å². The number of unbranched alkanes of at least 4 members (excludes halogenated alkanes) is 7. The van der Waals surface area contributed by atoms with Crippen LogP contribution in [0.4, 0.5) is 0 Å². The Bertz CT molecular complexity index is 1500. The molecule has 0 radical (unpaired) electrons. The van der Waals surface area contributed by atoms with Gasteiger partial charge in [-0.25, -0.2) is 4.79 Å². The van der Waals surface area contributed by atoms with Crippen molar-refractivity contribution in [3.63, 3.8) is 0 Å². The maximum Gasteiger partial charge on any atom is 0.341 e. The Hall–Kier alpha value is -4.79. The zero-order valence-electron chi connectivity index (χ0n) is 35.5. The third kappa shape index (κ3) is 29.2. The second-order valence-corrected chi connectivity index (χ2v) is 15.4. The summed E-state index contributed by atoms with van der Waals surface area (Å²) in [5, 5.41) is 30.7. The fourth-order valence-corrected chi connectivity index (χ4v) is 6.43. The van der Waals surface area contributed by atoms with E-state index in [1.807, 2.05) is 0 Å². The molecule has 5 amide bonds. The molecule has 0 heterocycles. The number of rotatable bonds is 37. The quantitative estimate of drug-likeness (QED) is 0.0432. The highest BCUT2D eigenvalue weighted by Crippen LogP contribution is 2.14. The highest BCUT2D eigenvalue weighted by molar-refractivity contribution is 7.99. The predicted octanol–water partition coefficient (Wildman–Crippen LogP) is 0.947. The molecule has 61 heavy (non-hydrogen) atoms. The smallest absolute Gasteiger partial charge is 0.341 e. The lowest BCUT2D eigenvalue weighted by Crippen LogP contribution is -2.49. The van der Waals surface area contributed by atoms with E-state index in [-0.39, 0.29) is 88.5 Å². The first kappa shape index (κ1) is 54.2. The SMILES string of the molecule is CC(=O)[C@H](Cc1ccc(OCC(=O)O)cc1)NC(=O)CNC(=O)CSC[C@H](C)C(=O)N[C@@H](CCN)C(=O)NCCOCCOCC(=O)NCCCCCCCCCCC(=O)O. The third-order valence-corrected chi connectivity index (χ3v) is 10.1. The Morgan fingerprint density at radius 2 is 1.34 bits per heavy atom. The molecule has 1 aromatic rings. The van der Waals surface area contributed by atoms with Gasteiger partial charge in [-0.15, -0.1) is 0 Å². The van der Waals surface area contributed by atoms with Gasteiger partial charge >= 0.3 is 11.9 Å². The first-order chi connectivity index (χ1) is 29.2. The van der Waals surface area contributed by atoms with Gasteiger partial charge in [-0.3, -0.25) is 33.6 Å². The molecule has 1 aromatic carbocycles. The second-order valence-electron chi connectivity index (χ2n) is 14.4. The Balaban J connectivity index is 2.20. The van der Waals surface area contributed by atoms with Gasteiger partial charge in [-0.1, -0.05) is 57.6 Å². The second kappa shape index (κ2) is 33.9. The van der Waals surface area contributed by atoms with E-state index in [1.165, 1.54) is 18.7 Å². The number of carbonyl (C=O) groups excluding carboxylic acids is 6. The van der Waals surface area contributed by atoms with Crippen LogP contribution in [0.15, 0.2) is 24.3 Å². The lowest BCUT2D eigenvalue weighted by atomic mass is 10.0. The van der Waals surface area contributed by atoms with E-state index in [1.54, 1.807) is 31.2 Å². The molecule has 0 saturated carbocycles. The van der Waals surface area contributed by atoms with Gasteiger partial charge in [0.2, 0.25) is 29.5 Å². The Morgan fingerprint density at radius 3 is 1.98 bits per heavy atom. The van der Waals surface area contributed by atoms with Crippen LogP contribution in [0.2, 0.25) is 0 Å². The van der Waals surface area contributed by atoms with Crippen LogP contribution in [0.25, 0.3) is 0 Å². The normalized spacial score (nSPS) is 12.3. The average molecular weight is 883 g/mol. The van der Waals surface area contributed by atoms with E-state index < -0.39 is 60.2 Å². The van der Waals surface area contributed by atoms with E-state index in [9.17, 15) is 38.4 Å². The molecule has 0 aliphatic heterocycles. The number of Topliss-reactive ketones (excluding diaryl/α,β-unsaturated/α-hetero) is 1. The number of nitrogens with one attached hydrogen (secondary N) is 5. The predicted molar refractivity (Wildman–Crippen MR) is 228 cm³/mol. The lowest BCUT2D eigenvalue weighted by molar-refractivity contribution is -0.139. The molecular weight excluding hydrogens is 817 g/mol. The summed E-state index contributed by atoms with van der Waals surface area (Å²) < 4.78 is 15.9. The highest BCUT2D eigenvalue weighted by atomic mass is 32.2. The van der Waals surface area contributed by atoms with Crippen LogP contribution in [0.3, 0.4) is 0 Å². The van der Waals surface area contributed by atoms with Crippen LogP contribution >= 0.6 is 11.8 Å². The van der Waals surface area contributed by atoms with Crippen molar-refractivity contribution in [1.29, 1.82) is 0 Å². The number of carboxylic acids is 2. The number of benzene rings is 1. The molecule has 0 unspecified atom stereocenters. The summed E-state index contributed by atoms with van der Waals surface area (Å²) in [5.74, 6) is -4.17. The van der Waals surface area contributed by atoms with Gasteiger partial charge in [0.25, 0.3) is 0 Å². The van der Waals surface area contributed by atoms with Crippen molar-refractivity contribution in [2.75, 3.05) is 70.7 Å². The minimum Gasteiger partial charge on any atom is -0.482 e. The Kier molecular flexibility index (Phi) is 30.1. The van der Waals surface area contributed by atoms with Crippen molar-refractivity contribution in [3.05, 3.63) is 29.8 Å². The molecule has 20 heteroatoms. The standard InChI is InChI=1S/C41H66N6O13S/c1-29(27-61-28-37(51)45-24-35(49)46-34(30(2)48)23-31-12-14-32(15-13-31)60-26-39(54)55)40(56)47-33(16-17-42)41(57)44-19-20-58-21-22-59-25-36(50)43-18-10-8-6-4-3-5-7-9-11-38(52)53/h12-15,29,33-34H,3-11,16-28,42H2,1-2H3,(H,43,50)(H,44,57)(H,45,51)(H,46,49)(H,47,56)(H,52,53)(H,54,55)/t29-,33-,34-/m0/s1. The van der Waals surface area contributed by atoms with E-state index in [4.69, 9.17) is 30.2 Å². The number of aliphatic carboxylic acids is 2. The molecule has 344 valence electrons. The van der Waals surface area contributed by atoms with Gasteiger partial charge < -0.3 is 56.7 Å². The monoisotopic (exact) mass is 882 g/mol. The number of ether oxygens (including phenoxy) is 3. The van der Waals surface area contributed by atoms with Gasteiger partial charge in [0, 0.05) is 31.2 Å². The van der Waals surface area contributed by atoms with Crippen molar-refractivity contribution in [1.82, 2.24) is 26.6 Å². The summed E-state index contributed by atoms with van der Waals surface area (Å²) in [6.45, 7) is 3.56. The fourth-order valence-electron chi connectivity index (χ4n) is 5.52. The van der Waals surface area contributed by atoms with E-state index >= 15 is 0 Å².